The van der Waals surface area contributed by atoms with Crippen molar-refractivity contribution < 1.29 is 70.6 Å². The molecule has 0 atom stereocenters. The fourth-order valence-electron chi connectivity index (χ4n) is 0.407. The summed E-state index contributed by atoms with van der Waals surface area (Å²) in [6.07, 6.45) is 0. The number of hydrogen-bond acceptors (Lipinski definition) is 2. The van der Waals surface area contributed by atoms with Crippen molar-refractivity contribution in [1.82, 2.24) is 0 Å². The van der Waals surface area contributed by atoms with E-state index in [-0.39, 0.29) is 51.4 Å². The van der Waals surface area contributed by atoms with Gasteiger partial charge in [0.1, 0.15) is 0 Å². The minimum absolute atomic E-state index is 0. The number of hydrogen-bond donors (Lipinski definition) is 4. The third kappa shape index (κ3) is 19.3. The summed E-state index contributed by atoms with van der Waals surface area (Å²) in [6, 6.07) is 10.1. The molecule has 0 aliphatic rings. The Hall–Kier alpha value is 0.766. The third-order valence-electron chi connectivity index (χ3n) is 0.731. The van der Waals surface area contributed by atoms with E-state index in [9.17, 15) is 0 Å². The molecule has 68 valence electrons. The largest absolute Gasteiger partial charge is 1.00 e. The van der Waals surface area contributed by atoms with Gasteiger partial charge in [-0.25, -0.2) is 4.57 Å². The molecule has 0 bridgehead atoms. The molecule has 13 heavy (non-hydrogen) atoms. The molecule has 0 aliphatic heterocycles. The Morgan fingerprint density at radius 1 is 1.38 bits per heavy atom. The molecule has 0 unspecified atom stereocenters. The van der Waals surface area contributed by atoms with Crippen LogP contribution in [0.2, 0.25) is 0 Å². The van der Waals surface area contributed by atoms with Gasteiger partial charge in [0.2, 0.25) is 0 Å². The molecule has 0 fully saturated rings. The van der Waals surface area contributed by atoms with Gasteiger partial charge in [-0.15, -0.1) is 0 Å². The maximum Gasteiger partial charge on any atom is 1.00 e. The molecule has 0 saturated carbocycles. The molecule has 0 amide bonds. The van der Waals surface area contributed by atoms with Crippen LogP contribution < -0.4 is 57.1 Å². The normalized spacial score (nSPS) is 9.15. The summed E-state index contributed by atoms with van der Waals surface area (Å²) in [5.41, 5.74) is 6.09. The number of rotatable bonds is 0. The first-order valence-corrected chi connectivity index (χ1v) is 4.46. The van der Waals surface area contributed by atoms with Crippen molar-refractivity contribution in [2.24, 2.45) is 0 Å². The Labute approximate surface area is 119 Å². The van der Waals surface area contributed by atoms with E-state index in [1.807, 2.05) is 18.2 Å². The number of benzene rings is 1. The summed E-state index contributed by atoms with van der Waals surface area (Å²) in [4.78, 5) is 21.6. The zero-order valence-electron chi connectivity index (χ0n) is 7.08. The van der Waals surface area contributed by atoms with Crippen molar-refractivity contribution in [3.8, 4) is 0 Å². The molecular weight excluding hydrogens is 220 g/mol. The Kier molecular flexibility index (Phi) is 10.1. The van der Waals surface area contributed by atoms with Gasteiger partial charge >= 0.3 is 59.2 Å². The average Bonchev–Trinajstić information content (AvgIpc) is 1.85. The fraction of sp³-hybridized carbons (Fsp3) is 0. The van der Waals surface area contributed by atoms with Gasteiger partial charge in [-0.1, -0.05) is 5.69 Å². The predicted octanol–water partition coefficient (Wildman–Crippen LogP) is -2.86. The Balaban J connectivity index is 0. The van der Waals surface area contributed by atoms with Crippen molar-refractivity contribution >= 4 is 13.5 Å². The maximum absolute atomic E-state index is 8.88. The van der Waals surface area contributed by atoms with E-state index in [1.54, 1.807) is 6.07 Å². The van der Waals surface area contributed by atoms with Gasteiger partial charge in [-0.3, -0.25) is 0 Å². The van der Waals surface area contributed by atoms with Gasteiger partial charge in [0.05, 0.1) is 0 Å². The second-order valence-electron chi connectivity index (χ2n) is 1.85. The number of nitrogen functional groups attached to an aromatic ring is 1. The van der Waals surface area contributed by atoms with Gasteiger partial charge < -0.3 is 20.4 Å². The van der Waals surface area contributed by atoms with Crippen LogP contribution in [0.3, 0.4) is 0 Å². The summed E-state index contributed by atoms with van der Waals surface area (Å²) in [5, 5.41) is 0. The van der Waals surface area contributed by atoms with E-state index in [4.69, 9.17) is 25.0 Å². The SMILES string of the molecule is Nc1c[c-]ccc1.O=P(O)(O)O.[K+]. The molecule has 1 rings (SSSR count). The summed E-state index contributed by atoms with van der Waals surface area (Å²) in [7, 11) is -4.64. The Morgan fingerprint density at radius 2 is 1.85 bits per heavy atom. The molecule has 1 aromatic carbocycles. The molecular formula is C6H9KNO4P. The van der Waals surface area contributed by atoms with Gasteiger partial charge in [-0.2, -0.15) is 30.3 Å². The van der Waals surface area contributed by atoms with E-state index in [0.717, 1.165) is 5.69 Å². The standard InChI is InChI=1S/C6H6N.K.H3O4P/c7-6-4-2-1-3-5-6;;1-5(2,3)4/h1-2,4-5H,7H2;;(H3,1,2,3,4)/q-1;+1;. The minimum Gasteiger partial charge on any atom is -0.449 e. The van der Waals surface area contributed by atoms with Crippen LogP contribution in [0.5, 0.6) is 0 Å². The molecule has 0 heterocycles. The van der Waals surface area contributed by atoms with Crippen LogP contribution in [-0.4, -0.2) is 14.7 Å². The first kappa shape index (κ1) is 16.2. The van der Waals surface area contributed by atoms with Crippen LogP contribution in [0.25, 0.3) is 0 Å². The average molecular weight is 229 g/mol. The van der Waals surface area contributed by atoms with Crippen LogP contribution in [0.4, 0.5) is 5.69 Å². The monoisotopic (exact) mass is 229 g/mol. The maximum atomic E-state index is 8.88. The summed E-state index contributed by atoms with van der Waals surface area (Å²) >= 11 is 0. The molecule has 0 saturated heterocycles. The second kappa shape index (κ2) is 8.11. The fourth-order valence-corrected chi connectivity index (χ4v) is 0.407. The van der Waals surface area contributed by atoms with Crippen LogP contribution >= 0.6 is 7.82 Å². The number of phosphoric acid groups is 1. The molecule has 0 spiro atoms. The van der Waals surface area contributed by atoms with Gasteiger partial charge in [0.25, 0.3) is 0 Å². The third-order valence-corrected chi connectivity index (χ3v) is 0.731. The van der Waals surface area contributed by atoms with Crippen LogP contribution in [0, 0.1) is 6.07 Å². The molecule has 0 aliphatic carbocycles. The van der Waals surface area contributed by atoms with E-state index < -0.39 is 7.82 Å². The van der Waals surface area contributed by atoms with Crippen molar-refractivity contribution in [2.45, 2.75) is 0 Å². The van der Waals surface area contributed by atoms with E-state index >= 15 is 0 Å². The van der Waals surface area contributed by atoms with Crippen molar-refractivity contribution in [3.05, 3.63) is 30.3 Å². The zero-order valence-corrected chi connectivity index (χ0v) is 11.1. The molecule has 5 nitrogen and oxygen atoms in total. The number of nitrogens with two attached hydrogens (primary N) is 1. The first-order valence-electron chi connectivity index (χ1n) is 2.89. The topological polar surface area (TPSA) is 104 Å². The van der Waals surface area contributed by atoms with Crippen molar-refractivity contribution in [2.75, 3.05) is 5.73 Å². The van der Waals surface area contributed by atoms with Crippen molar-refractivity contribution in [3.63, 3.8) is 0 Å². The Morgan fingerprint density at radius 3 is 2.00 bits per heavy atom. The molecule has 7 heteroatoms. The van der Waals surface area contributed by atoms with Gasteiger partial charge in [0.15, 0.2) is 0 Å². The summed E-state index contributed by atoms with van der Waals surface area (Å²) < 4.78 is 8.88. The smallest absolute Gasteiger partial charge is 0.449 e. The Bertz CT molecular complexity index is 254. The van der Waals surface area contributed by atoms with Gasteiger partial charge in [-0.05, 0) is 0 Å². The predicted molar refractivity (Wildman–Crippen MR) is 44.0 cm³/mol. The second-order valence-corrected chi connectivity index (χ2v) is 2.88. The van der Waals surface area contributed by atoms with E-state index in [2.05, 4.69) is 6.07 Å². The molecule has 0 radical (unpaired) electrons. The zero-order chi connectivity index (χ0) is 9.61. The first-order chi connectivity index (χ1) is 5.39. The van der Waals surface area contributed by atoms with Crippen LogP contribution in [0.15, 0.2) is 24.3 Å². The molecule has 0 aromatic heterocycles. The quantitative estimate of drug-likeness (QED) is 0.166. The molecule has 5 N–H and O–H groups in total. The minimum atomic E-state index is -4.64. The van der Waals surface area contributed by atoms with E-state index in [1.165, 1.54) is 0 Å². The summed E-state index contributed by atoms with van der Waals surface area (Å²) in [6.45, 7) is 0. The van der Waals surface area contributed by atoms with Crippen LogP contribution in [0.1, 0.15) is 0 Å². The van der Waals surface area contributed by atoms with Gasteiger partial charge in [0, 0.05) is 0 Å². The van der Waals surface area contributed by atoms with Crippen molar-refractivity contribution in [1.29, 1.82) is 0 Å². The molecule has 1 aromatic rings. The van der Waals surface area contributed by atoms with E-state index in [0.29, 0.717) is 0 Å². The number of anilines is 1. The van der Waals surface area contributed by atoms with Crippen LogP contribution in [-0.2, 0) is 4.57 Å². The summed E-state index contributed by atoms with van der Waals surface area (Å²) in [5.74, 6) is 0.